The number of rotatable bonds is 3. The van der Waals surface area contributed by atoms with Gasteiger partial charge in [-0.15, -0.1) is 0 Å². The van der Waals surface area contributed by atoms with Crippen LogP contribution in [0.15, 0.2) is 0 Å². The fourth-order valence-corrected chi connectivity index (χ4v) is 3.75. The van der Waals surface area contributed by atoms with Gasteiger partial charge in [-0.2, -0.15) is 0 Å². The van der Waals surface area contributed by atoms with E-state index in [1.807, 2.05) is 0 Å². The zero-order valence-corrected chi connectivity index (χ0v) is 9.89. The zero-order chi connectivity index (χ0) is 10.8. The first-order valence-corrected chi connectivity index (χ1v) is 7.19. The van der Waals surface area contributed by atoms with Gasteiger partial charge in [0.1, 0.15) is 0 Å². The highest BCUT2D eigenvalue weighted by Crippen LogP contribution is 2.23. The van der Waals surface area contributed by atoms with Crippen LogP contribution in [0.2, 0.25) is 0 Å². The van der Waals surface area contributed by atoms with E-state index < -0.39 is 9.84 Å². The molecule has 2 unspecified atom stereocenters. The molecule has 0 aromatic rings. The Hall–Kier alpha value is -0.0900. The van der Waals surface area contributed by atoms with Crippen LogP contribution >= 0.6 is 0 Å². The Balaban J connectivity index is 2.46. The lowest BCUT2D eigenvalue weighted by molar-refractivity contribution is 0.366. The molecular formula is C10H21NO2S. The summed E-state index contributed by atoms with van der Waals surface area (Å²) in [6.45, 7) is 4.17. The van der Waals surface area contributed by atoms with Crippen LogP contribution in [0.5, 0.6) is 0 Å². The third kappa shape index (κ3) is 3.58. The molecule has 0 bridgehead atoms. The lowest BCUT2D eigenvalue weighted by atomic mass is 9.91. The average Bonchev–Trinajstić information content (AvgIpc) is 2.01. The molecule has 0 aromatic heterocycles. The molecular weight excluding hydrogens is 198 g/mol. The molecule has 1 aliphatic heterocycles. The third-order valence-corrected chi connectivity index (χ3v) is 4.91. The van der Waals surface area contributed by atoms with Crippen LogP contribution < -0.4 is 5.73 Å². The van der Waals surface area contributed by atoms with E-state index in [-0.39, 0.29) is 6.04 Å². The van der Waals surface area contributed by atoms with Crippen molar-refractivity contribution in [3.05, 3.63) is 0 Å². The molecule has 1 fully saturated rings. The number of sulfone groups is 1. The van der Waals surface area contributed by atoms with Crippen LogP contribution in [-0.2, 0) is 9.84 Å². The van der Waals surface area contributed by atoms with E-state index in [9.17, 15) is 8.42 Å². The summed E-state index contributed by atoms with van der Waals surface area (Å²) in [5.74, 6) is 1.47. The number of hydrogen-bond donors (Lipinski definition) is 1. The van der Waals surface area contributed by atoms with Gasteiger partial charge < -0.3 is 5.73 Å². The van der Waals surface area contributed by atoms with Gasteiger partial charge in [0.2, 0.25) is 0 Å². The SMILES string of the molecule is CC(C)C(N)CC1CCCS(=O)(=O)C1. The largest absolute Gasteiger partial charge is 0.327 e. The van der Waals surface area contributed by atoms with Crippen LogP contribution in [0.1, 0.15) is 33.1 Å². The molecule has 1 heterocycles. The molecule has 2 N–H and O–H groups in total. The van der Waals surface area contributed by atoms with Crippen molar-refractivity contribution in [2.75, 3.05) is 11.5 Å². The van der Waals surface area contributed by atoms with Crippen molar-refractivity contribution in [3.8, 4) is 0 Å². The molecule has 3 nitrogen and oxygen atoms in total. The summed E-state index contributed by atoms with van der Waals surface area (Å²) < 4.78 is 22.7. The highest BCUT2D eigenvalue weighted by Gasteiger charge is 2.26. The van der Waals surface area contributed by atoms with Gasteiger partial charge in [0, 0.05) is 6.04 Å². The van der Waals surface area contributed by atoms with Crippen molar-refractivity contribution >= 4 is 9.84 Å². The Morgan fingerprint density at radius 1 is 1.43 bits per heavy atom. The molecule has 0 radical (unpaired) electrons. The van der Waals surface area contributed by atoms with Crippen molar-refractivity contribution < 1.29 is 8.42 Å². The predicted molar refractivity (Wildman–Crippen MR) is 58.8 cm³/mol. The second-order valence-corrected chi connectivity index (χ2v) is 6.99. The highest BCUT2D eigenvalue weighted by molar-refractivity contribution is 7.91. The van der Waals surface area contributed by atoms with Gasteiger partial charge in [-0.3, -0.25) is 0 Å². The summed E-state index contributed by atoms with van der Waals surface area (Å²) in [4.78, 5) is 0. The standard InChI is InChI=1S/C10H21NO2S/c1-8(2)10(11)6-9-4-3-5-14(12,13)7-9/h8-10H,3-7,11H2,1-2H3. The molecule has 0 amide bonds. The van der Waals surface area contributed by atoms with Crippen LogP contribution in [0.3, 0.4) is 0 Å². The fraction of sp³-hybridized carbons (Fsp3) is 1.00. The monoisotopic (exact) mass is 219 g/mol. The number of nitrogens with two attached hydrogens (primary N) is 1. The van der Waals surface area contributed by atoms with Gasteiger partial charge in [-0.1, -0.05) is 13.8 Å². The normalized spacial score (nSPS) is 29.0. The first-order valence-electron chi connectivity index (χ1n) is 5.37. The second-order valence-electron chi connectivity index (χ2n) is 4.77. The van der Waals surface area contributed by atoms with Crippen LogP contribution in [-0.4, -0.2) is 26.0 Å². The lowest BCUT2D eigenvalue weighted by Gasteiger charge is -2.26. The summed E-state index contributed by atoms with van der Waals surface area (Å²) in [7, 11) is -2.76. The average molecular weight is 219 g/mol. The molecule has 4 heteroatoms. The molecule has 2 atom stereocenters. The van der Waals surface area contributed by atoms with E-state index in [0.29, 0.717) is 23.3 Å². The first-order chi connectivity index (χ1) is 6.41. The molecule has 14 heavy (non-hydrogen) atoms. The van der Waals surface area contributed by atoms with E-state index >= 15 is 0 Å². The fourth-order valence-electron chi connectivity index (χ4n) is 1.96. The van der Waals surface area contributed by atoms with Gasteiger partial charge in [-0.05, 0) is 31.1 Å². The molecule has 1 rings (SSSR count). The van der Waals surface area contributed by atoms with Crippen LogP contribution in [0.4, 0.5) is 0 Å². The quantitative estimate of drug-likeness (QED) is 0.775. The van der Waals surface area contributed by atoms with E-state index in [1.165, 1.54) is 0 Å². The van der Waals surface area contributed by atoms with Crippen molar-refractivity contribution in [3.63, 3.8) is 0 Å². The number of hydrogen-bond acceptors (Lipinski definition) is 3. The minimum absolute atomic E-state index is 0.147. The second kappa shape index (κ2) is 4.62. The molecule has 0 spiro atoms. The lowest BCUT2D eigenvalue weighted by Crippen LogP contribution is -2.34. The topological polar surface area (TPSA) is 60.2 Å². The Kier molecular flexibility index (Phi) is 3.95. The third-order valence-electron chi connectivity index (χ3n) is 3.02. The van der Waals surface area contributed by atoms with E-state index in [1.54, 1.807) is 0 Å². The Labute approximate surface area is 87.0 Å². The molecule has 1 aliphatic rings. The minimum Gasteiger partial charge on any atom is -0.327 e. The maximum atomic E-state index is 11.4. The highest BCUT2D eigenvalue weighted by atomic mass is 32.2. The summed E-state index contributed by atoms with van der Waals surface area (Å²) in [5.41, 5.74) is 5.94. The minimum atomic E-state index is -2.76. The Morgan fingerprint density at radius 3 is 2.57 bits per heavy atom. The molecule has 0 aliphatic carbocycles. The van der Waals surface area contributed by atoms with Crippen LogP contribution in [0.25, 0.3) is 0 Å². The first kappa shape index (κ1) is 12.0. The summed E-state index contributed by atoms with van der Waals surface area (Å²) in [6.07, 6.45) is 2.70. The summed E-state index contributed by atoms with van der Waals surface area (Å²) in [6, 6.07) is 0.147. The Morgan fingerprint density at radius 2 is 2.07 bits per heavy atom. The van der Waals surface area contributed by atoms with Crippen LogP contribution in [0, 0.1) is 11.8 Å². The van der Waals surface area contributed by atoms with Gasteiger partial charge in [0.05, 0.1) is 11.5 Å². The van der Waals surface area contributed by atoms with Gasteiger partial charge in [0.15, 0.2) is 9.84 Å². The van der Waals surface area contributed by atoms with Gasteiger partial charge in [-0.25, -0.2) is 8.42 Å². The molecule has 0 saturated carbocycles. The summed E-state index contributed by atoms with van der Waals surface area (Å²) in [5, 5.41) is 0. The molecule has 1 saturated heterocycles. The van der Waals surface area contributed by atoms with Crippen molar-refractivity contribution in [1.82, 2.24) is 0 Å². The predicted octanol–water partition coefficient (Wildman–Crippen LogP) is 1.18. The maximum Gasteiger partial charge on any atom is 0.150 e. The van der Waals surface area contributed by atoms with Gasteiger partial charge in [0.25, 0.3) is 0 Å². The van der Waals surface area contributed by atoms with Gasteiger partial charge >= 0.3 is 0 Å². The molecule has 84 valence electrons. The summed E-state index contributed by atoms with van der Waals surface area (Å²) >= 11 is 0. The van der Waals surface area contributed by atoms with E-state index in [0.717, 1.165) is 19.3 Å². The molecule has 0 aromatic carbocycles. The Bertz CT molecular complexity index is 272. The van der Waals surface area contributed by atoms with Crippen molar-refractivity contribution in [1.29, 1.82) is 0 Å². The maximum absolute atomic E-state index is 11.4. The van der Waals surface area contributed by atoms with Crippen molar-refractivity contribution in [2.24, 2.45) is 17.6 Å². The smallest absolute Gasteiger partial charge is 0.150 e. The zero-order valence-electron chi connectivity index (χ0n) is 9.07. The van der Waals surface area contributed by atoms with Crippen molar-refractivity contribution in [2.45, 2.75) is 39.2 Å². The van der Waals surface area contributed by atoms with E-state index in [4.69, 9.17) is 5.73 Å². The van der Waals surface area contributed by atoms with E-state index in [2.05, 4.69) is 13.8 Å².